The van der Waals surface area contributed by atoms with Crippen LogP contribution in [0.1, 0.15) is 16.8 Å². The highest BCUT2D eigenvalue weighted by molar-refractivity contribution is 7.89. The van der Waals surface area contributed by atoms with Crippen molar-refractivity contribution in [3.05, 3.63) is 71.2 Å². The Kier molecular flexibility index (Phi) is 6.57. The number of hydrogen-bond acceptors (Lipinski definition) is 7. The van der Waals surface area contributed by atoms with Crippen LogP contribution in [0.15, 0.2) is 53.4 Å². The SMILES string of the molecule is Cc1ccc(N2CCN(c3nc4c(c(N(C)C)n3)CN(S(=O)(=O)c3ccc(F)cc3)CC4)CC2)cc1. The lowest BCUT2D eigenvalue weighted by Gasteiger charge is -2.37. The van der Waals surface area contributed by atoms with Crippen molar-refractivity contribution in [2.24, 2.45) is 0 Å². The quantitative estimate of drug-likeness (QED) is 0.522. The van der Waals surface area contributed by atoms with Gasteiger partial charge in [0.2, 0.25) is 16.0 Å². The molecule has 0 saturated carbocycles. The van der Waals surface area contributed by atoms with Gasteiger partial charge in [0.25, 0.3) is 0 Å². The third-order valence-corrected chi connectivity index (χ3v) is 8.69. The van der Waals surface area contributed by atoms with E-state index in [-0.39, 0.29) is 11.4 Å². The van der Waals surface area contributed by atoms with Gasteiger partial charge in [-0.3, -0.25) is 0 Å². The van der Waals surface area contributed by atoms with Crippen molar-refractivity contribution in [1.29, 1.82) is 0 Å². The van der Waals surface area contributed by atoms with E-state index in [9.17, 15) is 12.8 Å². The molecule has 5 rings (SSSR count). The number of benzene rings is 2. The third kappa shape index (κ3) is 4.75. The van der Waals surface area contributed by atoms with E-state index in [2.05, 4.69) is 41.0 Å². The molecule has 2 aliphatic rings. The first-order valence-electron chi connectivity index (χ1n) is 12.1. The van der Waals surface area contributed by atoms with Gasteiger partial charge in [0.15, 0.2) is 0 Å². The summed E-state index contributed by atoms with van der Waals surface area (Å²) in [5, 5.41) is 0. The smallest absolute Gasteiger partial charge is 0.243 e. The zero-order valence-electron chi connectivity index (χ0n) is 20.9. The predicted molar refractivity (Wildman–Crippen MR) is 140 cm³/mol. The molecule has 0 N–H and O–H groups in total. The molecule has 2 aromatic carbocycles. The van der Waals surface area contributed by atoms with Crippen LogP contribution in [0.3, 0.4) is 0 Å². The van der Waals surface area contributed by atoms with Gasteiger partial charge in [-0.15, -0.1) is 0 Å². The maximum Gasteiger partial charge on any atom is 0.243 e. The molecule has 3 heterocycles. The average Bonchev–Trinajstić information content (AvgIpc) is 2.88. The molecule has 8 nitrogen and oxygen atoms in total. The third-order valence-electron chi connectivity index (χ3n) is 6.83. The maximum atomic E-state index is 13.3. The van der Waals surface area contributed by atoms with E-state index in [1.165, 1.54) is 39.8 Å². The van der Waals surface area contributed by atoms with Gasteiger partial charge in [-0.25, -0.2) is 17.8 Å². The molecule has 0 aliphatic carbocycles. The Morgan fingerprint density at radius 2 is 1.50 bits per heavy atom. The molecule has 0 unspecified atom stereocenters. The summed E-state index contributed by atoms with van der Waals surface area (Å²) in [5.41, 5.74) is 4.18. The fraction of sp³-hybridized carbons (Fsp3) is 0.385. The second-order valence-corrected chi connectivity index (χ2v) is 11.5. The van der Waals surface area contributed by atoms with Crippen molar-refractivity contribution in [3.63, 3.8) is 0 Å². The minimum absolute atomic E-state index is 0.0859. The Morgan fingerprint density at radius 3 is 2.14 bits per heavy atom. The topological polar surface area (TPSA) is 72.9 Å². The number of nitrogens with zero attached hydrogens (tertiary/aromatic N) is 6. The van der Waals surface area contributed by atoms with Crippen LogP contribution in [-0.2, 0) is 23.0 Å². The molecule has 0 atom stereocenters. The molecule has 10 heteroatoms. The molecule has 0 radical (unpaired) electrons. The zero-order valence-corrected chi connectivity index (χ0v) is 21.7. The molecule has 0 bridgehead atoms. The van der Waals surface area contributed by atoms with E-state index in [4.69, 9.17) is 9.97 Å². The van der Waals surface area contributed by atoms with Gasteiger partial charge < -0.3 is 14.7 Å². The molecular formula is C26H31FN6O2S. The number of sulfonamides is 1. The Labute approximate surface area is 212 Å². The summed E-state index contributed by atoms with van der Waals surface area (Å²) in [6.07, 6.45) is 0.495. The standard InChI is InChI=1S/C26H31FN6O2S/c1-19-4-8-21(9-5-19)31-14-16-32(17-15-31)26-28-24-12-13-33(18-23(24)25(29-26)30(2)3)36(34,35)22-10-6-20(27)7-11-22/h4-11H,12-18H2,1-3H3. The lowest BCUT2D eigenvalue weighted by atomic mass is 10.1. The average molecular weight is 511 g/mol. The van der Waals surface area contributed by atoms with Gasteiger partial charge in [-0.1, -0.05) is 17.7 Å². The van der Waals surface area contributed by atoms with Gasteiger partial charge in [0, 0.05) is 71.0 Å². The number of piperazine rings is 1. The van der Waals surface area contributed by atoms with Crippen molar-refractivity contribution >= 4 is 27.5 Å². The number of anilines is 3. The van der Waals surface area contributed by atoms with Crippen LogP contribution in [0.5, 0.6) is 0 Å². The first-order chi connectivity index (χ1) is 17.2. The highest BCUT2D eigenvalue weighted by Gasteiger charge is 2.32. The summed E-state index contributed by atoms with van der Waals surface area (Å²) >= 11 is 0. The van der Waals surface area contributed by atoms with E-state index < -0.39 is 15.8 Å². The van der Waals surface area contributed by atoms with Crippen LogP contribution in [-0.4, -0.2) is 69.5 Å². The maximum absolute atomic E-state index is 13.3. The van der Waals surface area contributed by atoms with Gasteiger partial charge in [0.05, 0.1) is 10.6 Å². The van der Waals surface area contributed by atoms with E-state index in [0.717, 1.165) is 43.3 Å². The van der Waals surface area contributed by atoms with Crippen LogP contribution in [0.2, 0.25) is 0 Å². The molecule has 0 amide bonds. The number of aromatic nitrogens is 2. The highest BCUT2D eigenvalue weighted by atomic mass is 32.2. The molecule has 3 aromatic rings. The van der Waals surface area contributed by atoms with Crippen LogP contribution >= 0.6 is 0 Å². The minimum Gasteiger partial charge on any atom is -0.368 e. The van der Waals surface area contributed by atoms with Crippen molar-refractivity contribution in [1.82, 2.24) is 14.3 Å². The van der Waals surface area contributed by atoms with Crippen molar-refractivity contribution in [2.45, 2.75) is 24.8 Å². The monoisotopic (exact) mass is 510 g/mol. The number of rotatable bonds is 5. The van der Waals surface area contributed by atoms with Crippen LogP contribution in [0.4, 0.5) is 21.8 Å². The lowest BCUT2D eigenvalue weighted by molar-refractivity contribution is 0.387. The summed E-state index contributed by atoms with van der Waals surface area (Å²) in [6, 6.07) is 13.6. The molecule has 2 aliphatic heterocycles. The normalized spacial score (nSPS) is 16.7. The summed E-state index contributed by atoms with van der Waals surface area (Å²) < 4.78 is 41.2. The van der Waals surface area contributed by atoms with Crippen LogP contribution in [0, 0.1) is 12.7 Å². The van der Waals surface area contributed by atoms with Crippen LogP contribution < -0.4 is 14.7 Å². The number of fused-ring (bicyclic) bond motifs is 1. The fourth-order valence-electron chi connectivity index (χ4n) is 4.75. The second kappa shape index (κ2) is 9.67. The minimum atomic E-state index is -3.75. The number of aryl methyl sites for hydroxylation is 1. The van der Waals surface area contributed by atoms with Crippen LogP contribution in [0.25, 0.3) is 0 Å². The number of halogens is 1. The molecule has 0 spiro atoms. The van der Waals surface area contributed by atoms with Crippen molar-refractivity contribution in [3.8, 4) is 0 Å². The van der Waals surface area contributed by atoms with Gasteiger partial charge in [-0.2, -0.15) is 9.29 Å². The molecule has 1 saturated heterocycles. The van der Waals surface area contributed by atoms with E-state index in [1.807, 2.05) is 19.0 Å². The largest absolute Gasteiger partial charge is 0.368 e. The van der Waals surface area contributed by atoms with Gasteiger partial charge in [-0.05, 0) is 43.3 Å². The van der Waals surface area contributed by atoms with Gasteiger partial charge >= 0.3 is 0 Å². The van der Waals surface area contributed by atoms with E-state index >= 15 is 0 Å². The predicted octanol–water partition coefficient (Wildman–Crippen LogP) is 3.06. The molecule has 190 valence electrons. The first kappa shape index (κ1) is 24.5. The molecule has 1 fully saturated rings. The second-order valence-electron chi connectivity index (χ2n) is 9.52. The zero-order chi connectivity index (χ0) is 25.4. The summed E-state index contributed by atoms with van der Waals surface area (Å²) in [7, 11) is 0.0705. The summed E-state index contributed by atoms with van der Waals surface area (Å²) in [4.78, 5) is 16.3. The van der Waals surface area contributed by atoms with Gasteiger partial charge in [0.1, 0.15) is 11.6 Å². The molecule has 36 heavy (non-hydrogen) atoms. The molecular weight excluding hydrogens is 479 g/mol. The molecule has 1 aromatic heterocycles. The van der Waals surface area contributed by atoms with E-state index in [1.54, 1.807) is 0 Å². The Bertz CT molecular complexity index is 1340. The Morgan fingerprint density at radius 1 is 0.861 bits per heavy atom. The van der Waals surface area contributed by atoms with Crippen molar-refractivity contribution < 1.29 is 12.8 Å². The lowest BCUT2D eigenvalue weighted by Crippen LogP contribution is -2.47. The Balaban J connectivity index is 1.36. The highest BCUT2D eigenvalue weighted by Crippen LogP contribution is 2.31. The summed E-state index contributed by atoms with van der Waals surface area (Å²) in [6.45, 7) is 5.97. The first-order valence-corrected chi connectivity index (χ1v) is 13.6. The van der Waals surface area contributed by atoms with E-state index in [0.29, 0.717) is 18.9 Å². The summed E-state index contributed by atoms with van der Waals surface area (Å²) in [5.74, 6) is 0.958. The fourth-order valence-corrected chi connectivity index (χ4v) is 6.16. The van der Waals surface area contributed by atoms with Crippen molar-refractivity contribution in [2.75, 3.05) is 61.5 Å². The number of hydrogen-bond donors (Lipinski definition) is 0. The Hall–Kier alpha value is -3.24.